The minimum absolute atomic E-state index is 0.0907. The second-order valence-corrected chi connectivity index (χ2v) is 4.91. The molecule has 0 aromatic heterocycles. The van der Waals surface area contributed by atoms with Gasteiger partial charge in [-0.1, -0.05) is 19.1 Å². The molecule has 0 aliphatic carbocycles. The number of aromatic carboxylic acids is 1. The van der Waals surface area contributed by atoms with Crippen molar-refractivity contribution in [3.63, 3.8) is 0 Å². The highest BCUT2D eigenvalue weighted by Gasteiger charge is 2.28. The van der Waals surface area contributed by atoms with E-state index in [9.17, 15) is 9.59 Å². The van der Waals surface area contributed by atoms with Gasteiger partial charge in [-0.25, -0.2) is 4.79 Å². The maximum absolute atomic E-state index is 12.6. The molecule has 1 aromatic rings. The van der Waals surface area contributed by atoms with Gasteiger partial charge in [0.2, 0.25) is 0 Å². The molecule has 0 radical (unpaired) electrons. The maximum atomic E-state index is 12.6. The molecule has 19 heavy (non-hydrogen) atoms. The standard InChI is InChI=1S/C15H19NO3/c1-2-11-7-5-6-10-16(11)14(17)12-8-3-4-9-13(12)15(18)19/h3-4,8-9,11H,2,5-7,10H2,1H3,(H,18,19). The van der Waals surface area contributed by atoms with Gasteiger partial charge >= 0.3 is 5.97 Å². The zero-order valence-electron chi connectivity index (χ0n) is 11.1. The van der Waals surface area contributed by atoms with Crippen LogP contribution >= 0.6 is 0 Å². The third kappa shape index (κ3) is 2.78. The molecule has 1 heterocycles. The van der Waals surface area contributed by atoms with Gasteiger partial charge in [0.1, 0.15) is 0 Å². The van der Waals surface area contributed by atoms with Crippen LogP contribution in [-0.4, -0.2) is 34.5 Å². The molecule has 1 saturated heterocycles. The van der Waals surface area contributed by atoms with Gasteiger partial charge in [0, 0.05) is 12.6 Å². The predicted octanol–water partition coefficient (Wildman–Crippen LogP) is 2.79. The molecule has 1 aliphatic rings. The van der Waals surface area contributed by atoms with Crippen LogP contribution in [-0.2, 0) is 0 Å². The molecule has 1 atom stereocenters. The van der Waals surface area contributed by atoms with Crippen molar-refractivity contribution in [2.75, 3.05) is 6.54 Å². The first-order chi connectivity index (χ1) is 9.15. The highest BCUT2D eigenvalue weighted by molar-refractivity contribution is 6.04. The second kappa shape index (κ2) is 5.87. The monoisotopic (exact) mass is 261 g/mol. The molecule has 1 aromatic carbocycles. The van der Waals surface area contributed by atoms with Crippen molar-refractivity contribution in [2.24, 2.45) is 0 Å². The van der Waals surface area contributed by atoms with E-state index in [-0.39, 0.29) is 17.5 Å². The van der Waals surface area contributed by atoms with E-state index in [0.29, 0.717) is 5.56 Å². The van der Waals surface area contributed by atoms with Crippen LogP contribution in [0.2, 0.25) is 0 Å². The Labute approximate surface area is 113 Å². The summed E-state index contributed by atoms with van der Waals surface area (Å²) < 4.78 is 0. The zero-order chi connectivity index (χ0) is 13.8. The van der Waals surface area contributed by atoms with Crippen LogP contribution in [0.25, 0.3) is 0 Å². The van der Waals surface area contributed by atoms with Crippen molar-refractivity contribution in [3.8, 4) is 0 Å². The van der Waals surface area contributed by atoms with Crippen molar-refractivity contribution in [2.45, 2.75) is 38.6 Å². The Balaban J connectivity index is 2.30. The average molecular weight is 261 g/mol. The number of amides is 1. The van der Waals surface area contributed by atoms with Crippen LogP contribution in [0, 0.1) is 0 Å². The zero-order valence-corrected chi connectivity index (χ0v) is 11.1. The van der Waals surface area contributed by atoms with Crippen molar-refractivity contribution in [1.29, 1.82) is 0 Å². The molecule has 0 bridgehead atoms. The highest BCUT2D eigenvalue weighted by atomic mass is 16.4. The lowest BCUT2D eigenvalue weighted by atomic mass is 9.97. The summed E-state index contributed by atoms with van der Waals surface area (Å²) in [6.07, 6.45) is 4.07. The molecule has 4 heteroatoms. The van der Waals surface area contributed by atoms with Gasteiger partial charge in [-0.05, 0) is 37.8 Å². The summed E-state index contributed by atoms with van der Waals surface area (Å²) in [5.74, 6) is -1.20. The summed E-state index contributed by atoms with van der Waals surface area (Å²) in [4.78, 5) is 25.6. The van der Waals surface area contributed by atoms with Gasteiger partial charge in [0.05, 0.1) is 11.1 Å². The van der Waals surface area contributed by atoms with Crippen molar-refractivity contribution < 1.29 is 14.7 Å². The first kappa shape index (κ1) is 13.6. The lowest BCUT2D eigenvalue weighted by Crippen LogP contribution is -2.43. The molecular formula is C15H19NO3. The summed E-state index contributed by atoms with van der Waals surface area (Å²) in [7, 11) is 0. The number of nitrogens with zero attached hydrogens (tertiary/aromatic N) is 1. The Hall–Kier alpha value is -1.84. The van der Waals surface area contributed by atoms with E-state index in [2.05, 4.69) is 6.92 Å². The van der Waals surface area contributed by atoms with E-state index < -0.39 is 5.97 Å². The second-order valence-electron chi connectivity index (χ2n) is 4.91. The van der Waals surface area contributed by atoms with E-state index in [4.69, 9.17) is 5.11 Å². The van der Waals surface area contributed by atoms with E-state index >= 15 is 0 Å². The van der Waals surface area contributed by atoms with Gasteiger partial charge < -0.3 is 10.0 Å². The summed E-state index contributed by atoms with van der Waals surface area (Å²) in [5, 5.41) is 9.17. The number of carbonyl (C=O) groups excluding carboxylic acids is 1. The van der Waals surface area contributed by atoms with E-state index in [0.717, 1.165) is 32.2 Å². The fourth-order valence-electron chi connectivity index (χ4n) is 2.70. The Morgan fingerprint density at radius 1 is 1.26 bits per heavy atom. The number of likely N-dealkylation sites (tertiary alicyclic amines) is 1. The molecule has 1 aliphatic heterocycles. The number of benzene rings is 1. The first-order valence-corrected chi connectivity index (χ1v) is 6.78. The van der Waals surface area contributed by atoms with E-state index in [1.54, 1.807) is 18.2 Å². The number of carboxylic acids is 1. The number of carbonyl (C=O) groups is 2. The third-order valence-electron chi connectivity index (χ3n) is 3.75. The topological polar surface area (TPSA) is 57.6 Å². The molecule has 0 spiro atoms. The minimum atomic E-state index is -1.05. The van der Waals surface area contributed by atoms with Gasteiger partial charge in [-0.2, -0.15) is 0 Å². The Morgan fingerprint density at radius 3 is 2.58 bits per heavy atom. The van der Waals surface area contributed by atoms with Crippen LogP contribution in [0.4, 0.5) is 0 Å². The smallest absolute Gasteiger partial charge is 0.336 e. The largest absolute Gasteiger partial charge is 0.478 e. The first-order valence-electron chi connectivity index (χ1n) is 6.78. The molecular weight excluding hydrogens is 242 g/mol. The molecule has 1 unspecified atom stereocenters. The number of piperidine rings is 1. The van der Waals surface area contributed by atoms with Gasteiger partial charge in [0.15, 0.2) is 0 Å². The minimum Gasteiger partial charge on any atom is -0.478 e. The molecule has 1 N–H and O–H groups in total. The molecule has 102 valence electrons. The number of carboxylic acid groups (broad SMARTS) is 1. The summed E-state index contributed by atoms with van der Waals surface area (Å²) in [6.45, 7) is 2.80. The van der Waals surface area contributed by atoms with Crippen LogP contribution in [0.5, 0.6) is 0 Å². The van der Waals surface area contributed by atoms with Gasteiger partial charge in [-0.15, -0.1) is 0 Å². The summed E-state index contributed by atoms with van der Waals surface area (Å²) in [6, 6.07) is 6.69. The lowest BCUT2D eigenvalue weighted by Gasteiger charge is -2.35. The molecule has 0 saturated carbocycles. The fraction of sp³-hybridized carbons (Fsp3) is 0.467. The highest BCUT2D eigenvalue weighted by Crippen LogP contribution is 2.23. The summed E-state index contributed by atoms with van der Waals surface area (Å²) in [5.41, 5.74) is 0.392. The molecule has 1 amide bonds. The number of rotatable bonds is 3. The van der Waals surface area contributed by atoms with Crippen LogP contribution in [0.15, 0.2) is 24.3 Å². The van der Waals surface area contributed by atoms with Crippen molar-refractivity contribution in [3.05, 3.63) is 35.4 Å². The predicted molar refractivity (Wildman–Crippen MR) is 72.4 cm³/mol. The SMILES string of the molecule is CCC1CCCCN1C(=O)c1ccccc1C(=O)O. The van der Waals surface area contributed by atoms with E-state index in [1.165, 1.54) is 6.07 Å². The number of hydrogen-bond donors (Lipinski definition) is 1. The molecule has 1 fully saturated rings. The van der Waals surface area contributed by atoms with Crippen LogP contribution < -0.4 is 0 Å². The lowest BCUT2D eigenvalue weighted by molar-refractivity contribution is 0.0591. The van der Waals surface area contributed by atoms with Crippen LogP contribution in [0.1, 0.15) is 53.3 Å². The molecule has 2 rings (SSSR count). The maximum Gasteiger partial charge on any atom is 0.336 e. The van der Waals surface area contributed by atoms with Crippen LogP contribution in [0.3, 0.4) is 0 Å². The quantitative estimate of drug-likeness (QED) is 0.910. The Kier molecular flexibility index (Phi) is 4.20. The normalized spacial score (nSPS) is 19.2. The van der Waals surface area contributed by atoms with Crippen molar-refractivity contribution in [1.82, 2.24) is 4.90 Å². The summed E-state index contributed by atoms with van der Waals surface area (Å²) >= 11 is 0. The number of hydrogen-bond acceptors (Lipinski definition) is 2. The van der Waals surface area contributed by atoms with E-state index in [1.807, 2.05) is 4.90 Å². The third-order valence-corrected chi connectivity index (χ3v) is 3.75. The average Bonchev–Trinajstić information content (AvgIpc) is 2.46. The fourth-order valence-corrected chi connectivity index (χ4v) is 2.70. The van der Waals surface area contributed by atoms with Crippen molar-refractivity contribution >= 4 is 11.9 Å². The van der Waals surface area contributed by atoms with Gasteiger partial charge in [0.25, 0.3) is 5.91 Å². The molecule has 4 nitrogen and oxygen atoms in total. The Morgan fingerprint density at radius 2 is 1.95 bits per heavy atom. The Bertz CT molecular complexity index is 484. The van der Waals surface area contributed by atoms with Gasteiger partial charge in [-0.3, -0.25) is 4.79 Å².